The molecule has 0 bridgehead atoms. The molecule has 0 N–H and O–H groups in total. The quantitative estimate of drug-likeness (QED) is 0.356. The maximum absolute atomic E-state index is 11.2. The number of rotatable bonds is 8. The fourth-order valence-electron chi connectivity index (χ4n) is 0.896. The summed E-state index contributed by atoms with van der Waals surface area (Å²) < 4.78 is 27.2. The number of hydrogen-bond acceptors (Lipinski definition) is 5. The number of hydrogen-bond donors (Lipinski definition) is 0. The zero-order chi connectivity index (χ0) is 11.6. The Kier molecular flexibility index (Phi) is 8.12. The van der Waals surface area contributed by atoms with Gasteiger partial charge >= 0.3 is 0 Å². The van der Waals surface area contributed by atoms with Crippen molar-refractivity contribution in [3.8, 4) is 0 Å². The smallest absolute Gasteiger partial charge is 0.267 e. The molecule has 6 heteroatoms. The third-order valence-corrected chi connectivity index (χ3v) is 2.92. The zero-order valence-electron chi connectivity index (χ0n) is 9.22. The first kappa shape index (κ1) is 14.2. The van der Waals surface area contributed by atoms with Crippen molar-refractivity contribution in [2.24, 2.45) is 9.98 Å². The van der Waals surface area contributed by atoms with Crippen molar-refractivity contribution in [1.29, 1.82) is 0 Å². The summed E-state index contributed by atoms with van der Waals surface area (Å²) in [7, 11) is -0.0666. The van der Waals surface area contributed by atoms with E-state index in [1.165, 1.54) is 0 Å². The van der Waals surface area contributed by atoms with E-state index in [2.05, 4.69) is 9.98 Å². The summed E-state index contributed by atoms with van der Waals surface area (Å²) in [5.41, 5.74) is 0. The maximum atomic E-state index is 11.2. The summed E-state index contributed by atoms with van der Waals surface area (Å²) in [6.45, 7) is 0.168. The van der Waals surface area contributed by atoms with Gasteiger partial charge in [-0.3, -0.25) is 4.18 Å². The summed E-state index contributed by atoms with van der Waals surface area (Å²) in [5.74, 6) is 0.0439. The molecule has 0 saturated heterocycles. The van der Waals surface area contributed by atoms with Crippen LogP contribution in [0.3, 0.4) is 0 Å². The minimum absolute atomic E-state index is 0.0439. The molecule has 15 heavy (non-hydrogen) atoms. The van der Waals surface area contributed by atoms with Crippen molar-refractivity contribution in [1.82, 2.24) is 0 Å². The van der Waals surface area contributed by atoms with E-state index in [-0.39, 0.29) is 12.4 Å². The molecule has 0 radical (unpaired) electrons. The summed E-state index contributed by atoms with van der Waals surface area (Å²) in [5, 5.41) is 0. The number of aliphatic imine (C=N–C) groups is 2. The van der Waals surface area contributed by atoms with Crippen molar-refractivity contribution in [3.05, 3.63) is 0 Å². The molecule has 0 unspecified atom stereocenters. The van der Waals surface area contributed by atoms with Gasteiger partial charge in [0.15, 0.2) is 0 Å². The van der Waals surface area contributed by atoms with E-state index in [0.717, 1.165) is 0 Å². The van der Waals surface area contributed by atoms with Crippen molar-refractivity contribution < 1.29 is 12.6 Å². The lowest BCUT2D eigenvalue weighted by molar-refractivity contribution is 0.329. The van der Waals surface area contributed by atoms with Crippen LogP contribution >= 0.6 is 0 Å². The zero-order valence-corrected chi connectivity index (χ0v) is 10.0. The Balaban J connectivity index is 3.67. The summed E-state index contributed by atoms with van der Waals surface area (Å²) in [4.78, 5) is 7.49. The van der Waals surface area contributed by atoms with Crippen LogP contribution in [-0.4, -0.2) is 47.3 Å². The van der Waals surface area contributed by atoms with Gasteiger partial charge in [0.25, 0.3) is 10.1 Å². The average molecular weight is 234 g/mol. The molecule has 0 aliphatic carbocycles. The van der Waals surface area contributed by atoms with E-state index < -0.39 is 10.1 Å². The second-order valence-electron chi connectivity index (χ2n) is 2.90. The van der Waals surface area contributed by atoms with Gasteiger partial charge in [0.1, 0.15) is 0 Å². The first-order valence-corrected chi connectivity index (χ1v) is 6.38. The topological polar surface area (TPSA) is 68.1 Å². The van der Waals surface area contributed by atoms with Gasteiger partial charge in [-0.25, -0.2) is 0 Å². The van der Waals surface area contributed by atoms with E-state index >= 15 is 0 Å². The van der Waals surface area contributed by atoms with Gasteiger partial charge in [0.2, 0.25) is 0 Å². The Morgan fingerprint density at radius 1 is 1.13 bits per heavy atom. The Labute approximate surface area is 91.4 Å². The van der Waals surface area contributed by atoms with Crippen molar-refractivity contribution >= 4 is 22.5 Å². The molecule has 88 valence electrons. The largest absolute Gasteiger partial charge is 0.301 e. The molecule has 0 amide bonds. The van der Waals surface area contributed by atoms with Crippen LogP contribution < -0.4 is 0 Å². The Morgan fingerprint density at radius 3 is 2.33 bits per heavy atom. The minimum atomic E-state index is -3.37. The SMILES string of the molecule is C/N=C/CCCS(=O)(=O)OCC/C=N/C. The molecule has 0 heterocycles. The van der Waals surface area contributed by atoms with E-state index in [1.54, 1.807) is 26.5 Å². The van der Waals surface area contributed by atoms with Gasteiger partial charge < -0.3 is 9.98 Å². The standard InChI is InChI=1S/C9H18N2O3S/c1-10-6-3-4-9-15(12,13)14-8-5-7-11-2/h6-7H,3-5,8-9H2,1-2H3/b10-6+,11-7+. The molecule has 5 nitrogen and oxygen atoms in total. The summed E-state index contributed by atoms with van der Waals surface area (Å²) in [6, 6.07) is 0. The normalized spacial score (nSPS) is 12.9. The number of unbranched alkanes of at least 4 members (excludes halogenated alkanes) is 1. The van der Waals surface area contributed by atoms with Crippen molar-refractivity contribution in [2.45, 2.75) is 19.3 Å². The van der Waals surface area contributed by atoms with Crippen LogP contribution in [0.4, 0.5) is 0 Å². The predicted molar refractivity (Wildman–Crippen MR) is 62.4 cm³/mol. The molecule has 0 aromatic carbocycles. The molecule has 0 spiro atoms. The fraction of sp³-hybridized carbons (Fsp3) is 0.778. The van der Waals surface area contributed by atoms with Crippen LogP contribution in [0.1, 0.15) is 19.3 Å². The van der Waals surface area contributed by atoms with E-state index in [0.29, 0.717) is 19.3 Å². The molecule has 0 saturated carbocycles. The van der Waals surface area contributed by atoms with Crippen molar-refractivity contribution in [2.75, 3.05) is 26.5 Å². The molecule has 0 atom stereocenters. The molecule has 0 aromatic rings. The minimum Gasteiger partial charge on any atom is -0.301 e. The predicted octanol–water partition coefficient (Wildman–Crippen LogP) is 0.904. The Bertz CT molecular complexity index is 272. The second-order valence-corrected chi connectivity index (χ2v) is 4.66. The lowest BCUT2D eigenvalue weighted by Gasteiger charge is -2.02. The molecule has 0 aliphatic rings. The Morgan fingerprint density at radius 2 is 1.73 bits per heavy atom. The summed E-state index contributed by atoms with van der Waals surface area (Å²) >= 11 is 0. The number of nitrogens with zero attached hydrogens (tertiary/aromatic N) is 2. The van der Waals surface area contributed by atoms with Crippen LogP contribution in [-0.2, 0) is 14.3 Å². The van der Waals surface area contributed by atoms with Gasteiger partial charge in [-0.2, -0.15) is 8.42 Å². The summed E-state index contributed by atoms with van der Waals surface area (Å²) in [6.07, 6.45) is 5.04. The average Bonchev–Trinajstić information content (AvgIpc) is 2.20. The van der Waals surface area contributed by atoms with Gasteiger partial charge in [0, 0.05) is 26.7 Å². The second kappa shape index (κ2) is 8.55. The first-order valence-electron chi connectivity index (χ1n) is 4.80. The fourth-order valence-corrected chi connectivity index (χ4v) is 1.88. The van der Waals surface area contributed by atoms with Crippen molar-refractivity contribution in [3.63, 3.8) is 0 Å². The highest BCUT2D eigenvalue weighted by atomic mass is 32.2. The van der Waals surface area contributed by atoms with Crippen LogP contribution in [0.15, 0.2) is 9.98 Å². The third-order valence-electron chi connectivity index (χ3n) is 1.60. The van der Waals surface area contributed by atoms with Gasteiger partial charge in [-0.1, -0.05) is 0 Å². The molecule has 0 aliphatic heterocycles. The van der Waals surface area contributed by atoms with Gasteiger partial charge in [0.05, 0.1) is 12.4 Å². The Hall–Kier alpha value is -0.750. The molecule has 0 aromatic heterocycles. The van der Waals surface area contributed by atoms with Crippen LogP contribution in [0, 0.1) is 0 Å². The maximum Gasteiger partial charge on any atom is 0.267 e. The van der Waals surface area contributed by atoms with E-state index in [1.807, 2.05) is 0 Å². The molecule has 0 rings (SSSR count). The first-order chi connectivity index (χ1) is 7.12. The van der Waals surface area contributed by atoms with Crippen LogP contribution in [0.5, 0.6) is 0 Å². The third kappa shape index (κ3) is 9.55. The highest BCUT2D eigenvalue weighted by Gasteiger charge is 2.09. The highest BCUT2D eigenvalue weighted by Crippen LogP contribution is 1.99. The van der Waals surface area contributed by atoms with Crippen LogP contribution in [0.25, 0.3) is 0 Å². The van der Waals surface area contributed by atoms with Gasteiger partial charge in [-0.05, 0) is 19.1 Å². The lowest BCUT2D eigenvalue weighted by Crippen LogP contribution is -2.11. The lowest BCUT2D eigenvalue weighted by atomic mass is 10.4. The van der Waals surface area contributed by atoms with E-state index in [9.17, 15) is 8.42 Å². The van der Waals surface area contributed by atoms with E-state index in [4.69, 9.17) is 4.18 Å². The highest BCUT2D eigenvalue weighted by molar-refractivity contribution is 7.86. The molecular formula is C9H18N2O3S. The molecular weight excluding hydrogens is 216 g/mol. The molecule has 0 fully saturated rings. The van der Waals surface area contributed by atoms with Gasteiger partial charge in [-0.15, -0.1) is 0 Å². The van der Waals surface area contributed by atoms with Crippen LogP contribution in [0.2, 0.25) is 0 Å². The monoisotopic (exact) mass is 234 g/mol.